The molecule has 7 heteroatoms. The number of carbonyl (C=O) groups is 2. The number of nitrogens with one attached hydrogen (secondary N) is 2. The number of benzene rings is 2. The van der Waals surface area contributed by atoms with E-state index in [1.807, 2.05) is 32.0 Å². The number of carbonyl (C=O) groups excluding carboxylic acids is 2. The molecule has 148 valence electrons. The van der Waals surface area contributed by atoms with E-state index in [2.05, 4.69) is 20.6 Å². The molecular weight excluding hydrogens is 368 g/mol. The van der Waals surface area contributed by atoms with Crippen LogP contribution in [0.4, 0.5) is 17.2 Å². The number of para-hydroxylation sites is 1. The van der Waals surface area contributed by atoms with Crippen molar-refractivity contribution in [2.75, 3.05) is 17.7 Å². The number of aromatic nitrogens is 2. The van der Waals surface area contributed by atoms with Crippen molar-refractivity contribution in [3.8, 4) is 0 Å². The van der Waals surface area contributed by atoms with E-state index in [1.165, 1.54) is 13.2 Å². The van der Waals surface area contributed by atoms with E-state index in [4.69, 9.17) is 4.74 Å². The first-order valence-corrected chi connectivity index (χ1v) is 9.06. The van der Waals surface area contributed by atoms with Gasteiger partial charge in [-0.3, -0.25) is 4.79 Å². The lowest BCUT2D eigenvalue weighted by molar-refractivity contribution is 0.0601. The lowest BCUT2D eigenvalue weighted by atomic mass is 10.1. The van der Waals surface area contributed by atoms with Gasteiger partial charge in [-0.25, -0.2) is 14.8 Å². The van der Waals surface area contributed by atoms with Gasteiger partial charge in [0.15, 0.2) is 0 Å². The summed E-state index contributed by atoms with van der Waals surface area (Å²) in [6.07, 6.45) is 0. The van der Waals surface area contributed by atoms with E-state index >= 15 is 0 Å². The van der Waals surface area contributed by atoms with Crippen molar-refractivity contribution in [3.05, 3.63) is 76.7 Å². The molecule has 1 amide bonds. The summed E-state index contributed by atoms with van der Waals surface area (Å²) in [4.78, 5) is 33.2. The molecule has 1 aromatic heterocycles. The first-order chi connectivity index (χ1) is 13.9. The smallest absolute Gasteiger partial charge is 0.339 e. The molecule has 7 nitrogen and oxygen atoms in total. The molecule has 0 fully saturated rings. The molecule has 0 aliphatic rings. The number of esters is 1. The Kier molecular flexibility index (Phi) is 5.87. The van der Waals surface area contributed by atoms with Gasteiger partial charge in [0.1, 0.15) is 17.3 Å². The largest absolute Gasteiger partial charge is 0.465 e. The van der Waals surface area contributed by atoms with Crippen molar-refractivity contribution in [3.63, 3.8) is 0 Å². The Morgan fingerprint density at radius 1 is 0.931 bits per heavy atom. The van der Waals surface area contributed by atoms with Crippen LogP contribution in [-0.4, -0.2) is 29.0 Å². The molecule has 0 spiro atoms. The molecule has 2 N–H and O–H groups in total. The third kappa shape index (κ3) is 4.76. The van der Waals surface area contributed by atoms with E-state index in [1.54, 1.807) is 31.2 Å². The van der Waals surface area contributed by atoms with E-state index in [0.29, 0.717) is 28.6 Å². The maximum atomic E-state index is 12.7. The molecule has 0 saturated heterocycles. The van der Waals surface area contributed by atoms with Crippen LogP contribution < -0.4 is 10.6 Å². The summed E-state index contributed by atoms with van der Waals surface area (Å²) in [7, 11) is 1.32. The predicted molar refractivity (Wildman–Crippen MR) is 112 cm³/mol. The molecular formula is C22H22N4O3. The van der Waals surface area contributed by atoms with Gasteiger partial charge in [-0.2, -0.15) is 0 Å². The summed E-state index contributed by atoms with van der Waals surface area (Å²) in [5, 5.41) is 5.92. The summed E-state index contributed by atoms with van der Waals surface area (Å²) >= 11 is 0. The fourth-order valence-corrected chi connectivity index (χ4v) is 2.78. The van der Waals surface area contributed by atoms with Gasteiger partial charge in [0, 0.05) is 11.8 Å². The molecule has 0 aliphatic heterocycles. The summed E-state index contributed by atoms with van der Waals surface area (Å²) < 4.78 is 4.81. The highest BCUT2D eigenvalue weighted by Crippen LogP contribution is 2.21. The second-order valence-corrected chi connectivity index (χ2v) is 6.60. The SMILES string of the molecule is COC(=O)c1ccccc1Nc1cc(C(=O)Nc2ccc(C)c(C)c2)nc(C)n1. The summed E-state index contributed by atoms with van der Waals surface area (Å²) in [5.41, 5.74) is 4.04. The minimum absolute atomic E-state index is 0.216. The van der Waals surface area contributed by atoms with Gasteiger partial charge >= 0.3 is 5.97 Å². The van der Waals surface area contributed by atoms with Gasteiger partial charge in [-0.05, 0) is 56.2 Å². The van der Waals surface area contributed by atoms with Crippen LogP contribution in [-0.2, 0) is 4.74 Å². The molecule has 2 aromatic carbocycles. The van der Waals surface area contributed by atoms with E-state index in [0.717, 1.165) is 11.1 Å². The van der Waals surface area contributed by atoms with Crippen molar-refractivity contribution < 1.29 is 14.3 Å². The Morgan fingerprint density at radius 2 is 1.69 bits per heavy atom. The Morgan fingerprint density at radius 3 is 2.41 bits per heavy atom. The number of nitrogens with zero attached hydrogens (tertiary/aromatic N) is 2. The van der Waals surface area contributed by atoms with Crippen molar-refractivity contribution in [2.24, 2.45) is 0 Å². The van der Waals surface area contributed by atoms with Crippen molar-refractivity contribution in [1.29, 1.82) is 0 Å². The average molecular weight is 390 g/mol. The topological polar surface area (TPSA) is 93.2 Å². The number of ether oxygens (including phenoxy) is 1. The molecule has 0 saturated carbocycles. The number of anilines is 3. The molecule has 29 heavy (non-hydrogen) atoms. The number of methoxy groups -OCH3 is 1. The highest BCUT2D eigenvalue weighted by atomic mass is 16.5. The molecule has 0 unspecified atom stereocenters. The van der Waals surface area contributed by atoms with E-state index in [-0.39, 0.29) is 11.6 Å². The van der Waals surface area contributed by atoms with E-state index in [9.17, 15) is 9.59 Å². The first-order valence-electron chi connectivity index (χ1n) is 9.06. The zero-order valence-electron chi connectivity index (χ0n) is 16.7. The number of rotatable bonds is 5. The van der Waals surface area contributed by atoms with Crippen LogP contribution in [0.25, 0.3) is 0 Å². The van der Waals surface area contributed by atoms with Gasteiger partial charge in [0.25, 0.3) is 5.91 Å². The molecule has 3 rings (SSSR count). The molecule has 0 aliphatic carbocycles. The summed E-state index contributed by atoms with van der Waals surface area (Å²) in [5.74, 6) is 0.0181. The van der Waals surface area contributed by atoms with Crippen LogP contribution in [0, 0.1) is 20.8 Å². The van der Waals surface area contributed by atoms with Crippen LogP contribution >= 0.6 is 0 Å². The minimum atomic E-state index is -0.466. The van der Waals surface area contributed by atoms with Gasteiger partial charge in [0.2, 0.25) is 0 Å². The average Bonchev–Trinajstić information content (AvgIpc) is 2.70. The highest BCUT2D eigenvalue weighted by molar-refractivity contribution is 6.03. The Labute approximate surface area is 169 Å². The quantitative estimate of drug-likeness (QED) is 0.635. The lowest BCUT2D eigenvalue weighted by Gasteiger charge is -2.12. The first kappa shape index (κ1) is 20.0. The van der Waals surface area contributed by atoms with Crippen LogP contribution in [0.1, 0.15) is 37.8 Å². The fraction of sp³-hybridized carbons (Fsp3) is 0.182. The number of hydrogen-bond acceptors (Lipinski definition) is 6. The summed E-state index contributed by atoms with van der Waals surface area (Å²) in [6.45, 7) is 5.70. The normalized spacial score (nSPS) is 10.3. The second kappa shape index (κ2) is 8.52. The summed E-state index contributed by atoms with van der Waals surface area (Å²) in [6, 6.07) is 14.2. The zero-order valence-corrected chi connectivity index (χ0v) is 16.7. The second-order valence-electron chi connectivity index (χ2n) is 6.60. The highest BCUT2D eigenvalue weighted by Gasteiger charge is 2.15. The fourth-order valence-electron chi connectivity index (χ4n) is 2.78. The van der Waals surface area contributed by atoms with Crippen molar-refractivity contribution in [2.45, 2.75) is 20.8 Å². The van der Waals surface area contributed by atoms with Crippen LogP contribution in [0.3, 0.4) is 0 Å². The number of amides is 1. The van der Waals surface area contributed by atoms with Gasteiger partial charge in [0.05, 0.1) is 18.4 Å². The third-order valence-electron chi connectivity index (χ3n) is 4.43. The molecule has 1 heterocycles. The van der Waals surface area contributed by atoms with Crippen LogP contribution in [0.2, 0.25) is 0 Å². The minimum Gasteiger partial charge on any atom is -0.465 e. The molecule has 3 aromatic rings. The Bertz CT molecular complexity index is 1080. The number of aryl methyl sites for hydroxylation is 3. The maximum absolute atomic E-state index is 12.7. The monoisotopic (exact) mass is 390 g/mol. The molecule has 0 radical (unpaired) electrons. The standard InChI is InChI=1S/C22H22N4O3/c1-13-9-10-16(11-14(13)2)25-21(27)19-12-20(24-15(3)23-19)26-18-8-6-5-7-17(18)22(28)29-4/h5-12H,1-4H3,(H,25,27)(H,23,24,26). The Balaban J connectivity index is 1.86. The number of hydrogen-bond donors (Lipinski definition) is 2. The van der Waals surface area contributed by atoms with Crippen molar-refractivity contribution in [1.82, 2.24) is 9.97 Å². The lowest BCUT2D eigenvalue weighted by Crippen LogP contribution is -2.16. The van der Waals surface area contributed by atoms with Crippen LogP contribution in [0.15, 0.2) is 48.5 Å². The molecule has 0 bridgehead atoms. The molecule has 0 atom stereocenters. The van der Waals surface area contributed by atoms with Gasteiger partial charge in [-0.15, -0.1) is 0 Å². The maximum Gasteiger partial charge on any atom is 0.339 e. The Hall–Kier alpha value is -3.74. The van der Waals surface area contributed by atoms with Crippen molar-refractivity contribution >= 4 is 29.1 Å². The van der Waals surface area contributed by atoms with Gasteiger partial charge < -0.3 is 15.4 Å². The third-order valence-corrected chi connectivity index (χ3v) is 4.43. The van der Waals surface area contributed by atoms with Crippen LogP contribution in [0.5, 0.6) is 0 Å². The predicted octanol–water partition coefficient (Wildman–Crippen LogP) is 4.18. The van der Waals surface area contributed by atoms with E-state index < -0.39 is 5.97 Å². The van der Waals surface area contributed by atoms with Gasteiger partial charge in [-0.1, -0.05) is 18.2 Å². The zero-order chi connectivity index (χ0) is 21.0.